The maximum atomic E-state index is 11.8. The first kappa shape index (κ1) is 12.5. The third kappa shape index (κ3) is 3.05. The van der Waals surface area contributed by atoms with E-state index in [1.807, 2.05) is 6.07 Å². The second-order valence-electron chi connectivity index (χ2n) is 3.66. The predicted molar refractivity (Wildman–Crippen MR) is 73.5 cm³/mol. The molecule has 2 aromatic carbocycles. The van der Waals surface area contributed by atoms with Crippen LogP contribution in [0.3, 0.4) is 0 Å². The highest BCUT2D eigenvalue weighted by atomic mass is 79.9. The van der Waals surface area contributed by atoms with Gasteiger partial charge in [0.15, 0.2) is 0 Å². The Balaban J connectivity index is 2.11. The molecule has 4 heteroatoms. The molecule has 0 saturated carbocycles. The van der Waals surface area contributed by atoms with E-state index in [0.29, 0.717) is 11.3 Å². The number of halogens is 1. The number of nitrogens with one attached hydrogen (secondary N) is 1. The second kappa shape index (κ2) is 5.60. The first-order valence-electron chi connectivity index (χ1n) is 5.33. The van der Waals surface area contributed by atoms with Crippen LogP contribution in [-0.2, 0) is 4.79 Å². The summed E-state index contributed by atoms with van der Waals surface area (Å²) in [7, 11) is 0. The molecule has 0 aliphatic rings. The molecule has 1 amide bonds. The van der Waals surface area contributed by atoms with Crippen molar-refractivity contribution in [1.29, 1.82) is 0 Å². The molecule has 2 aromatic rings. The summed E-state index contributed by atoms with van der Waals surface area (Å²) < 4.78 is 0.840. The zero-order valence-electron chi connectivity index (χ0n) is 9.39. The largest absolute Gasteiger partial charge is 0.319 e. The molecule has 0 unspecified atom stereocenters. The van der Waals surface area contributed by atoms with E-state index < -0.39 is 11.7 Å². The van der Waals surface area contributed by atoms with Crippen molar-refractivity contribution < 1.29 is 9.59 Å². The topological polar surface area (TPSA) is 46.2 Å². The summed E-state index contributed by atoms with van der Waals surface area (Å²) in [5.41, 5.74) is 0.962. The highest BCUT2D eigenvalue weighted by molar-refractivity contribution is 9.10. The summed E-state index contributed by atoms with van der Waals surface area (Å²) in [6.07, 6.45) is 0. The molecule has 90 valence electrons. The van der Waals surface area contributed by atoms with Crippen molar-refractivity contribution in [2.75, 3.05) is 5.32 Å². The maximum absolute atomic E-state index is 11.8. The van der Waals surface area contributed by atoms with Crippen LogP contribution in [-0.4, -0.2) is 11.7 Å². The molecule has 2 rings (SSSR count). The number of amides is 1. The lowest BCUT2D eigenvalue weighted by molar-refractivity contribution is -0.112. The normalized spacial score (nSPS) is 9.83. The zero-order valence-corrected chi connectivity index (χ0v) is 11.0. The van der Waals surface area contributed by atoms with E-state index in [1.54, 1.807) is 48.5 Å². The van der Waals surface area contributed by atoms with Gasteiger partial charge in [0.05, 0.1) is 0 Å². The van der Waals surface area contributed by atoms with Crippen molar-refractivity contribution in [2.45, 2.75) is 0 Å². The first-order chi connectivity index (χ1) is 8.66. The van der Waals surface area contributed by atoms with Crippen molar-refractivity contribution in [3.63, 3.8) is 0 Å². The molecule has 0 aliphatic carbocycles. The van der Waals surface area contributed by atoms with Gasteiger partial charge >= 0.3 is 0 Å². The van der Waals surface area contributed by atoms with Crippen LogP contribution in [0.5, 0.6) is 0 Å². The van der Waals surface area contributed by atoms with Gasteiger partial charge in [0.1, 0.15) is 0 Å². The fourth-order valence-corrected chi connectivity index (χ4v) is 1.87. The van der Waals surface area contributed by atoms with Gasteiger partial charge in [-0.1, -0.05) is 52.3 Å². The summed E-state index contributed by atoms with van der Waals surface area (Å²) in [6, 6.07) is 15.5. The highest BCUT2D eigenvalue weighted by Crippen LogP contribution is 2.15. The predicted octanol–water partition coefficient (Wildman–Crippen LogP) is 3.27. The molecule has 1 N–H and O–H groups in total. The van der Waals surface area contributed by atoms with Crippen LogP contribution in [0.1, 0.15) is 10.4 Å². The minimum atomic E-state index is -0.640. The summed E-state index contributed by atoms with van der Waals surface area (Å²) in [4.78, 5) is 23.6. The van der Waals surface area contributed by atoms with E-state index in [4.69, 9.17) is 0 Å². The van der Waals surface area contributed by atoms with Crippen molar-refractivity contribution >= 4 is 33.3 Å². The molecule has 18 heavy (non-hydrogen) atoms. The summed E-state index contributed by atoms with van der Waals surface area (Å²) in [5, 5.41) is 2.56. The van der Waals surface area contributed by atoms with Crippen molar-refractivity contribution in [2.24, 2.45) is 0 Å². The lowest BCUT2D eigenvalue weighted by atomic mass is 10.1. The Labute approximate surface area is 113 Å². The van der Waals surface area contributed by atoms with E-state index in [1.165, 1.54) is 0 Å². The fourth-order valence-electron chi connectivity index (χ4n) is 1.47. The third-order valence-corrected chi connectivity index (χ3v) is 2.82. The molecule has 0 aromatic heterocycles. The van der Waals surface area contributed by atoms with E-state index in [0.717, 1.165) is 4.47 Å². The standard InChI is InChI=1S/C14H10BrNO2/c15-11-7-4-8-12(9-11)16-14(18)13(17)10-5-2-1-3-6-10/h1-9H,(H,16,18). The van der Waals surface area contributed by atoms with Crippen molar-refractivity contribution in [3.8, 4) is 0 Å². The molecule has 0 spiro atoms. The van der Waals surface area contributed by atoms with Crippen LogP contribution >= 0.6 is 15.9 Å². The number of hydrogen-bond acceptors (Lipinski definition) is 2. The molecule has 0 saturated heterocycles. The van der Waals surface area contributed by atoms with Crippen LogP contribution < -0.4 is 5.32 Å². The Hall–Kier alpha value is -1.94. The Morgan fingerprint density at radius 2 is 1.67 bits per heavy atom. The van der Waals surface area contributed by atoms with Gasteiger partial charge in [0, 0.05) is 15.7 Å². The third-order valence-electron chi connectivity index (χ3n) is 2.32. The Kier molecular flexibility index (Phi) is 3.89. The Morgan fingerprint density at radius 1 is 0.944 bits per heavy atom. The molecule has 0 aliphatic heterocycles. The van der Waals surface area contributed by atoms with Crippen LogP contribution in [0.4, 0.5) is 5.69 Å². The average molecular weight is 304 g/mol. The van der Waals surface area contributed by atoms with Gasteiger partial charge in [-0.2, -0.15) is 0 Å². The van der Waals surface area contributed by atoms with E-state index in [-0.39, 0.29) is 0 Å². The van der Waals surface area contributed by atoms with E-state index in [2.05, 4.69) is 21.2 Å². The monoisotopic (exact) mass is 303 g/mol. The number of hydrogen-bond donors (Lipinski definition) is 1. The maximum Gasteiger partial charge on any atom is 0.296 e. The molecule has 3 nitrogen and oxygen atoms in total. The lowest BCUT2D eigenvalue weighted by Gasteiger charge is -2.04. The van der Waals surface area contributed by atoms with Crippen LogP contribution in [0.25, 0.3) is 0 Å². The van der Waals surface area contributed by atoms with Crippen LogP contribution in [0, 0.1) is 0 Å². The second-order valence-corrected chi connectivity index (χ2v) is 4.58. The lowest BCUT2D eigenvalue weighted by Crippen LogP contribution is -2.22. The number of Topliss-reactive ketones (excluding diaryl/α,β-unsaturated/α-hetero) is 1. The van der Waals surface area contributed by atoms with Gasteiger partial charge in [-0.3, -0.25) is 9.59 Å². The minimum absolute atomic E-state index is 0.380. The van der Waals surface area contributed by atoms with E-state index >= 15 is 0 Å². The number of carbonyl (C=O) groups is 2. The van der Waals surface area contributed by atoms with Gasteiger partial charge in [-0.15, -0.1) is 0 Å². The number of anilines is 1. The molecular formula is C14H10BrNO2. The fraction of sp³-hybridized carbons (Fsp3) is 0. The van der Waals surface area contributed by atoms with Crippen LogP contribution in [0.2, 0.25) is 0 Å². The number of carbonyl (C=O) groups excluding carboxylic acids is 2. The smallest absolute Gasteiger partial charge is 0.296 e. The van der Waals surface area contributed by atoms with E-state index in [9.17, 15) is 9.59 Å². The molecular weight excluding hydrogens is 294 g/mol. The van der Waals surface area contributed by atoms with Crippen molar-refractivity contribution in [1.82, 2.24) is 0 Å². The minimum Gasteiger partial charge on any atom is -0.319 e. The zero-order chi connectivity index (χ0) is 13.0. The van der Waals surface area contributed by atoms with Gasteiger partial charge in [0.25, 0.3) is 11.7 Å². The van der Waals surface area contributed by atoms with Gasteiger partial charge in [0.2, 0.25) is 0 Å². The molecule has 0 atom stereocenters. The average Bonchev–Trinajstić information content (AvgIpc) is 2.39. The quantitative estimate of drug-likeness (QED) is 0.699. The summed E-state index contributed by atoms with van der Waals surface area (Å²) in [6.45, 7) is 0. The summed E-state index contributed by atoms with van der Waals surface area (Å²) >= 11 is 3.30. The Morgan fingerprint density at radius 3 is 2.33 bits per heavy atom. The Bertz CT molecular complexity index is 581. The molecule has 0 bridgehead atoms. The molecule has 0 fully saturated rings. The summed E-state index contributed by atoms with van der Waals surface area (Å²) in [5.74, 6) is -1.19. The highest BCUT2D eigenvalue weighted by Gasteiger charge is 2.15. The van der Waals surface area contributed by atoms with Crippen molar-refractivity contribution in [3.05, 3.63) is 64.6 Å². The molecule has 0 radical (unpaired) electrons. The first-order valence-corrected chi connectivity index (χ1v) is 6.12. The molecule has 0 heterocycles. The number of ketones is 1. The number of benzene rings is 2. The van der Waals surface area contributed by atoms with Crippen LogP contribution in [0.15, 0.2) is 59.1 Å². The van der Waals surface area contributed by atoms with Gasteiger partial charge < -0.3 is 5.32 Å². The SMILES string of the molecule is O=C(Nc1cccc(Br)c1)C(=O)c1ccccc1. The number of rotatable bonds is 3. The van der Waals surface area contributed by atoms with Gasteiger partial charge in [-0.25, -0.2) is 0 Å². The van der Waals surface area contributed by atoms with Gasteiger partial charge in [-0.05, 0) is 18.2 Å².